The van der Waals surface area contributed by atoms with Crippen LogP contribution in [0.1, 0.15) is 48.2 Å². The molecule has 0 aromatic heterocycles. The van der Waals surface area contributed by atoms with Crippen molar-refractivity contribution >= 4 is 17.6 Å². The van der Waals surface area contributed by atoms with Crippen molar-refractivity contribution in [2.45, 2.75) is 45.6 Å². The van der Waals surface area contributed by atoms with Crippen LogP contribution in [0.2, 0.25) is 0 Å². The Morgan fingerprint density at radius 2 is 1.74 bits per heavy atom. The van der Waals surface area contributed by atoms with Gasteiger partial charge in [0.2, 0.25) is 0 Å². The highest BCUT2D eigenvalue weighted by Gasteiger charge is 2.17. The maximum Gasteiger partial charge on any atom is 0.338 e. The fourth-order valence-corrected chi connectivity index (χ4v) is 3.19. The number of aryl methyl sites for hydroxylation is 2. The van der Waals surface area contributed by atoms with Gasteiger partial charge in [0.15, 0.2) is 6.10 Å². The molecule has 1 N–H and O–H groups in total. The molecule has 1 aliphatic carbocycles. The SMILES string of the molecule is CCOC(=O)c1ccc(NC(=O)[C@H](C)Oc2ccc3c(c2)CCCC3)cc1. The number of benzene rings is 2. The van der Waals surface area contributed by atoms with E-state index in [0.29, 0.717) is 17.9 Å². The van der Waals surface area contributed by atoms with Crippen molar-refractivity contribution < 1.29 is 19.1 Å². The number of ether oxygens (including phenoxy) is 2. The summed E-state index contributed by atoms with van der Waals surface area (Å²) >= 11 is 0. The van der Waals surface area contributed by atoms with Gasteiger partial charge < -0.3 is 14.8 Å². The van der Waals surface area contributed by atoms with E-state index in [1.165, 1.54) is 24.0 Å². The van der Waals surface area contributed by atoms with Crippen LogP contribution in [0.4, 0.5) is 5.69 Å². The Labute approximate surface area is 159 Å². The number of esters is 1. The molecule has 0 spiro atoms. The molecule has 1 aliphatic rings. The van der Waals surface area contributed by atoms with E-state index >= 15 is 0 Å². The van der Waals surface area contributed by atoms with Gasteiger partial charge in [-0.05, 0) is 87.1 Å². The number of rotatable bonds is 6. The van der Waals surface area contributed by atoms with E-state index in [-0.39, 0.29) is 11.9 Å². The van der Waals surface area contributed by atoms with E-state index in [1.54, 1.807) is 38.1 Å². The lowest BCUT2D eigenvalue weighted by atomic mass is 9.92. The standard InChI is InChI=1S/C22H25NO4/c1-3-26-22(25)17-8-11-19(12-9-17)23-21(24)15(2)27-20-13-10-16-6-4-5-7-18(16)14-20/h8-15H,3-7H2,1-2H3,(H,23,24)/t15-/m0/s1. The number of amides is 1. The molecule has 0 heterocycles. The Morgan fingerprint density at radius 1 is 1.04 bits per heavy atom. The minimum absolute atomic E-state index is 0.239. The van der Waals surface area contributed by atoms with Gasteiger partial charge in [-0.1, -0.05) is 6.07 Å². The van der Waals surface area contributed by atoms with Gasteiger partial charge >= 0.3 is 5.97 Å². The molecule has 2 aromatic rings. The lowest BCUT2D eigenvalue weighted by Gasteiger charge is -2.19. The molecule has 0 fully saturated rings. The van der Waals surface area contributed by atoms with Crippen molar-refractivity contribution in [2.75, 3.05) is 11.9 Å². The average molecular weight is 367 g/mol. The molecule has 0 unspecified atom stereocenters. The second-order valence-electron chi connectivity index (χ2n) is 6.68. The lowest BCUT2D eigenvalue weighted by molar-refractivity contribution is -0.122. The number of carbonyl (C=O) groups excluding carboxylic acids is 2. The topological polar surface area (TPSA) is 64.6 Å². The van der Waals surface area contributed by atoms with Gasteiger partial charge in [-0.2, -0.15) is 0 Å². The van der Waals surface area contributed by atoms with Crippen molar-refractivity contribution in [2.24, 2.45) is 0 Å². The largest absolute Gasteiger partial charge is 0.481 e. The second-order valence-corrected chi connectivity index (χ2v) is 6.68. The van der Waals surface area contributed by atoms with Gasteiger partial charge in [0.25, 0.3) is 5.91 Å². The third kappa shape index (κ3) is 4.88. The number of fused-ring (bicyclic) bond motifs is 1. The van der Waals surface area contributed by atoms with Gasteiger partial charge in [-0.3, -0.25) is 4.79 Å². The van der Waals surface area contributed by atoms with Crippen molar-refractivity contribution in [3.05, 3.63) is 59.2 Å². The van der Waals surface area contributed by atoms with Crippen LogP contribution in [0, 0.1) is 0 Å². The molecule has 142 valence electrons. The van der Waals surface area contributed by atoms with Gasteiger partial charge in [0, 0.05) is 5.69 Å². The molecule has 2 aromatic carbocycles. The molecule has 0 radical (unpaired) electrons. The number of carbonyl (C=O) groups is 2. The predicted octanol–water partition coefficient (Wildman–Crippen LogP) is 4.15. The Bertz CT molecular complexity index is 814. The molecule has 27 heavy (non-hydrogen) atoms. The summed E-state index contributed by atoms with van der Waals surface area (Å²) in [5.74, 6) is 0.104. The Hall–Kier alpha value is -2.82. The summed E-state index contributed by atoms with van der Waals surface area (Å²) in [6.45, 7) is 3.81. The van der Waals surface area contributed by atoms with Crippen LogP contribution in [0.15, 0.2) is 42.5 Å². The van der Waals surface area contributed by atoms with Crippen molar-refractivity contribution in [1.29, 1.82) is 0 Å². The second kappa shape index (κ2) is 8.71. The molecule has 1 amide bonds. The molecule has 0 saturated carbocycles. The zero-order valence-corrected chi connectivity index (χ0v) is 15.8. The third-order valence-corrected chi connectivity index (χ3v) is 4.67. The molecule has 0 bridgehead atoms. The summed E-state index contributed by atoms with van der Waals surface area (Å²) in [6, 6.07) is 12.7. The lowest BCUT2D eigenvalue weighted by Crippen LogP contribution is -2.30. The minimum atomic E-state index is -0.628. The van der Waals surface area contributed by atoms with Gasteiger partial charge in [-0.25, -0.2) is 4.79 Å². The highest BCUT2D eigenvalue weighted by Crippen LogP contribution is 2.26. The quantitative estimate of drug-likeness (QED) is 0.779. The van der Waals surface area contributed by atoms with E-state index in [0.717, 1.165) is 18.6 Å². The molecule has 0 aliphatic heterocycles. The Morgan fingerprint density at radius 3 is 2.44 bits per heavy atom. The van der Waals surface area contributed by atoms with Crippen LogP contribution in [-0.4, -0.2) is 24.6 Å². The first kappa shape index (κ1) is 19.0. The minimum Gasteiger partial charge on any atom is -0.481 e. The zero-order valence-electron chi connectivity index (χ0n) is 15.8. The van der Waals surface area contributed by atoms with Crippen LogP contribution in [0.5, 0.6) is 5.75 Å². The van der Waals surface area contributed by atoms with E-state index in [1.807, 2.05) is 12.1 Å². The normalized spacial score (nSPS) is 14.0. The first-order valence-electron chi connectivity index (χ1n) is 9.43. The average Bonchev–Trinajstić information content (AvgIpc) is 2.68. The van der Waals surface area contributed by atoms with E-state index in [9.17, 15) is 9.59 Å². The maximum absolute atomic E-state index is 12.4. The van der Waals surface area contributed by atoms with Crippen LogP contribution in [-0.2, 0) is 22.4 Å². The van der Waals surface area contributed by atoms with E-state index < -0.39 is 6.10 Å². The van der Waals surface area contributed by atoms with Crippen molar-refractivity contribution in [1.82, 2.24) is 0 Å². The number of anilines is 1. The van der Waals surface area contributed by atoms with Crippen LogP contribution < -0.4 is 10.1 Å². The molecule has 3 rings (SSSR count). The van der Waals surface area contributed by atoms with Gasteiger partial charge in [0.05, 0.1) is 12.2 Å². The fourth-order valence-electron chi connectivity index (χ4n) is 3.19. The monoisotopic (exact) mass is 367 g/mol. The molecule has 5 nitrogen and oxygen atoms in total. The summed E-state index contributed by atoms with van der Waals surface area (Å²) in [4.78, 5) is 24.1. The highest BCUT2D eigenvalue weighted by molar-refractivity contribution is 5.95. The first-order chi connectivity index (χ1) is 13.1. The number of hydrogen-bond acceptors (Lipinski definition) is 4. The van der Waals surface area contributed by atoms with Crippen LogP contribution in [0.25, 0.3) is 0 Å². The summed E-state index contributed by atoms with van der Waals surface area (Å²) in [5.41, 5.74) is 3.76. The van der Waals surface area contributed by atoms with E-state index in [4.69, 9.17) is 9.47 Å². The molecule has 1 atom stereocenters. The molecule has 0 saturated heterocycles. The Kier molecular flexibility index (Phi) is 6.12. The Balaban J connectivity index is 1.58. The zero-order chi connectivity index (χ0) is 19.2. The summed E-state index contributed by atoms with van der Waals surface area (Å²) in [5, 5.41) is 2.81. The highest BCUT2D eigenvalue weighted by atomic mass is 16.5. The van der Waals surface area contributed by atoms with Crippen molar-refractivity contribution in [3.8, 4) is 5.75 Å². The number of hydrogen-bond donors (Lipinski definition) is 1. The fraction of sp³-hybridized carbons (Fsp3) is 0.364. The predicted molar refractivity (Wildman–Crippen MR) is 104 cm³/mol. The molecular weight excluding hydrogens is 342 g/mol. The maximum atomic E-state index is 12.4. The van der Waals surface area contributed by atoms with E-state index in [2.05, 4.69) is 11.4 Å². The summed E-state index contributed by atoms with van der Waals surface area (Å²) < 4.78 is 10.8. The summed E-state index contributed by atoms with van der Waals surface area (Å²) in [6.07, 6.45) is 4.00. The smallest absolute Gasteiger partial charge is 0.338 e. The third-order valence-electron chi connectivity index (χ3n) is 4.67. The van der Waals surface area contributed by atoms with Gasteiger partial charge in [0.1, 0.15) is 5.75 Å². The van der Waals surface area contributed by atoms with Crippen LogP contribution >= 0.6 is 0 Å². The molecular formula is C22H25NO4. The van der Waals surface area contributed by atoms with Crippen molar-refractivity contribution in [3.63, 3.8) is 0 Å². The van der Waals surface area contributed by atoms with Crippen LogP contribution in [0.3, 0.4) is 0 Å². The van der Waals surface area contributed by atoms with Gasteiger partial charge in [-0.15, -0.1) is 0 Å². The molecule has 5 heteroatoms. The first-order valence-corrected chi connectivity index (χ1v) is 9.43. The number of nitrogens with one attached hydrogen (secondary N) is 1. The summed E-state index contributed by atoms with van der Waals surface area (Å²) in [7, 11) is 0.